The molecule has 2 heterocycles. The summed E-state index contributed by atoms with van der Waals surface area (Å²) in [5, 5.41) is 1.01. The van der Waals surface area contributed by atoms with Crippen molar-refractivity contribution in [1.29, 1.82) is 0 Å². The Morgan fingerprint density at radius 2 is 1.73 bits per heavy atom. The van der Waals surface area contributed by atoms with Gasteiger partial charge in [-0.3, -0.25) is 9.10 Å². The molecule has 0 spiro atoms. The van der Waals surface area contributed by atoms with Gasteiger partial charge in [-0.1, -0.05) is 23.2 Å². The zero-order chi connectivity index (χ0) is 27.0. The molecule has 0 aliphatic heterocycles. The fraction of sp³-hybridized carbons (Fsp3) is 0.240. The van der Waals surface area contributed by atoms with E-state index >= 15 is 0 Å². The van der Waals surface area contributed by atoms with Crippen molar-refractivity contribution in [2.75, 3.05) is 18.0 Å². The van der Waals surface area contributed by atoms with Gasteiger partial charge in [0.05, 0.1) is 23.2 Å². The summed E-state index contributed by atoms with van der Waals surface area (Å²) in [6.07, 6.45) is 3.18. The molecule has 0 aliphatic rings. The second kappa shape index (κ2) is 10.2. The number of hydrogen-bond donors (Lipinski definition) is 0. The van der Waals surface area contributed by atoms with Crippen LogP contribution in [0.15, 0.2) is 66.0 Å². The first-order valence-corrected chi connectivity index (χ1v) is 13.3. The molecule has 0 aliphatic carbocycles. The molecule has 0 atom stereocenters. The van der Waals surface area contributed by atoms with E-state index in [1.807, 2.05) is 10.6 Å². The van der Waals surface area contributed by atoms with Crippen molar-refractivity contribution < 1.29 is 22.7 Å². The number of esters is 1. The highest BCUT2D eigenvalue weighted by Gasteiger charge is 2.30. The van der Waals surface area contributed by atoms with Crippen LogP contribution in [0.5, 0.6) is 5.88 Å². The highest BCUT2D eigenvalue weighted by Crippen LogP contribution is 2.31. The molecular weight excluding hydrogens is 539 g/mol. The van der Waals surface area contributed by atoms with Gasteiger partial charge < -0.3 is 14.0 Å². The third-order valence-electron chi connectivity index (χ3n) is 5.16. The van der Waals surface area contributed by atoms with Gasteiger partial charge in [-0.2, -0.15) is 0 Å². The fourth-order valence-corrected chi connectivity index (χ4v) is 5.80. The Bertz CT molecular complexity index is 1560. The topological polar surface area (TPSA) is 104 Å². The predicted octanol–water partition coefficient (Wildman–Crippen LogP) is 5.27. The monoisotopic (exact) mass is 562 g/mol. The van der Waals surface area contributed by atoms with Gasteiger partial charge in [0.2, 0.25) is 5.88 Å². The molecule has 0 amide bonds. The van der Waals surface area contributed by atoms with E-state index in [4.69, 9.17) is 32.7 Å². The van der Waals surface area contributed by atoms with Crippen LogP contribution in [0, 0.1) is 0 Å². The Balaban J connectivity index is 1.80. The van der Waals surface area contributed by atoms with Gasteiger partial charge in [-0.25, -0.2) is 18.4 Å². The minimum atomic E-state index is -4.25. The zero-order valence-electron chi connectivity index (χ0n) is 20.5. The minimum absolute atomic E-state index is 0.149. The van der Waals surface area contributed by atoms with Crippen molar-refractivity contribution in [1.82, 2.24) is 14.5 Å². The number of sulfonamides is 1. The van der Waals surface area contributed by atoms with Crippen LogP contribution in [0.4, 0.5) is 5.69 Å². The van der Waals surface area contributed by atoms with Gasteiger partial charge >= 0.3 is 5.97 Å². The smallest absolute Gasteiger partial charge is 0.327 e. The fourth-order valence-electron chi connectivity index (χ4n) is 3.67. The first-order valence-electron chi connectivity index (χ1n) is 11.1. The van der Waals surface area contributed by atoms with Gasteiger partial charge in [-0.15, -0.1) is 0 Å². The van der Waals surface area contributed by atoms with Gasteiger partial charge in [0.1, 0.15) is 24.3 Å². The van der Waals surface area contributed by atoms with Crippen LogP contribution in [0.3, 0.4) is 0 Å². The summed E-state index contributed by atoms with van der Waals surface area (Å²) in [6.45, 7) is 4.56. The molecule has 9 nitrogen and oxygen atoms in total. The van der Waals surface area contributed by atoms with Gasteiger partial charge in [0.25, 0.3) is 10.0 Å². The second-order valence-electron chi connectivity index (χ2n) is 9.05. The molecule has 12 heteroatoms. The quantitative estimate of drug-likeness (QED) is 0.282. The van der Waals surface area contributed by atoms with E-state index in [9.17, 15) is 13.2 Å². The van der Waals surface area contributed by atoms with Crippen LogP contribution < -0.4 is 9.04 Å². The van der Waals surface area contributed by atoms with Crippen molar-refractivity contribution in [2.45, 2.75) is 31.3 Å². The van der Waals surface area contributed by atoms with Gasteiger partial charge in [-0.05, 0) is 63.2 Å². The third-order valence-corrected chi connectivity index (χ3v) is 7.35. The molecule has 2 aromatic heterocycles. The highest BCUT2D eigenvalue weighted by molar-refractivity contribution is 7.92. The normalized spacial score (nSPS) is 11.9. The number of halogens is 2. The summed E-state index contributed by atoms with van der Waals surface area (Å²) in [6, 6.07) is 12.5. The van der Waals surface area contributed by atoms with Crippen LogP contribution in [0.25, 0.3) is 16.7 Å². The van der Waals surface area contributed by atoms with Crippen LogP contribution in [-0.4, -0.2) is 48.2 Å². The Labute approximate surface area is 224 Å². The second-order valence-corrected chi connectivity index (χ2v) is 11.8. The summed E-state index contributed by atoms with van der Waals surface area (Å²) in [5.74, 6) is 0.259. The average molecular weight is 563 g/mol. The molecule has 0 N–H and O–H groups in total. The number of aromatic nitrogens is 3. The first kappa shape index (κ1) is 26.7. The maximum Gasteiger partial charge on any atom is 0.327 e. The highest BCUT2D eigenvalue weighted by atomic mass is 35.5. The molecule has 0 saturated carbocycles. The lowest BCUT2D eigenvalue weighted by Crippen LogP contribution is -2.39. The van der Waals surface area contributed by atoms with E-state index in [2.05, 4.69) is 9.97 Å². The van der Waals surface area contributed by atoms with E-state index in [0.717, 1.165) is 9.82 Å². The maximum atomic E-state index is 13.7. The molecular formula is C25H24Cl2N4O5S. The molecule has 0 unspecified atom stereocenters. The Morgan fingerprint density at radius 3 is 2.38 bits per heavy atom. The number of anilines is 1. The number of carbonyl (C=O) groups excluding carboxylic acids is 1. The minimum Gasteiger partial charge on any atom is -0.481 e. The molecule has 0 radical (unpaired) electrons. The lowest BCUT2D eigenvalue weighted by molar-refractivity contribution is -0.152. The molecule has 0 fully saturated rings. The Kier molecular flexibility index (Phi) is 7.36. The average Bonchev–Trinajstić information content (AvgIpc) is 3.24. The number of ether oxygens (including phenoxy) is 2. The largest absolute Gasteiger partial charge is 0.481 e. The van der Waals surface area contributed by atoms with Crippen LogP contribution in [0.2, 0.25) is 10.0 Å². The van der Waals surface area contributed by atoms with E-state index < -0.39 is 28.1 Å². The summed E-state index contributed by atoms with van der Waals surface area (Å²) in [7, 11) is -2.74. The van der Waals surface area contributed by atoms with Crippen molar-refractivity contribution >= 4 is 55.8 Å². The maximum absolute atomic E-state index is 13.7. The van der Waals surface area contributed by atoms with E-state index in [-0.39, 0.29) is 20.6 Å². The summed E-state index contributed by atoms with van der Waals surface area (Å²) >= 11 is 12.2. The van der Waals surface area contributed by atoms with Crippen LogP contribution in [0.1, 0.15) is 20.8 Å². The number of hydrogen-bond acceptors (Lipinski definition) is 7. The predicted molar refractivity (Wildman–Crippen MR) is 142 cm³/mol. The first-order chi connectivity index (χ1) is 17.4. The SMILES string of the molecule is COc1cc(-n2ccc3cc(N(CC(=O)OC(C)(C)C)S(=O)(=O)c4cc(Cl)cc(Cl)c4)ccc32)ncn1. The summed E-state index contributed by atoms with van der Waals surface area (Å²) in [4.78, 5) is 20.9. The molecule has 4 rings (SSSR count). The number of carbonyl (C=O) groups is 1. The summed E-state index contributed by atoms with van der Waals surface area (Å²) in [5.41, 5.74) is 0.212. The Hall–Kier alpha value is -3.34. The van der Waals surface area contributed by atoms with Crippen molar-refractivity contribution in [3.63, 3.8) is 0 Å². The van der Waals surface area contributed by atoms with Crippen LogP contribution in [-0.2, 0) is 19.6 Å². The molecule has 4 aromatic rings. The third kappa shape index (κ3) is 5.98. The van der Waals surface area contributed by atoms with Crippen molar-refractivity contribution in [3.8, 4) is 11.7 Å². The van der Waals surface area contributed by atoms with E-state index in [0.29, 0.717) is 17.1 Å². The number of nitrogens with zero attached hydrogens (tertiary/aromatic N) is 4. The van der Waals surface area contributed by atoms with Crippen LogP contribution >= 0.6 is 23.2 Å². The number of benzene rings is 2. The molecule has 37 heavy (non-hydrogen) atoms. The zero-order valence-corrected chi connectivity index (χ0v) is 22.8. The molecule has 0 saturated heterocycles. The molecule has 194 valence electrons. The number of rotatable bonds is 7. The Morgan fingerprint density at radius 1 is 1.03 bits per heavy atom. The summed E-state index contributed by atoms with van der Waals surface area (Å²) < 4.78 is 40.9. The molecule has 2 aromatic carbocycles. The number of methoxy groups -OCH3 is 1. The van der Waals surface area contributed by atoms with Gasteiger partial charge in [0, 0.05) is 27.7 Å². The van der Waals surface area contributed by atoms with E-state index in [1.54, 1.807) is 51.2 Å². The van der Waals surface area contributed by atoms with Crippen molar-refractivity contribution in [2.24, 2.45) is 0 Å². The standard InChI is InChI=1S/C25H24Cl2N4O5S/c1-25(2,3)36-24(32)14-31(37(33,34)20-11-17(26)10-18(27)12-20)19-5-6-21-16(9-19)7-8-30(21)22-13-23(35-4)29-15-28-22/h5-13,15H,14H2,1-4H3. The van der Waals surface area contributed by atoms with Crippen molar-refractivity contribution in [3.05, 3.63) is 71.1 Å². The van der Waals surface area contributed by atoms with Gasteiger partial charge in [0.15, 0.2) is 0 Å². The lowest BCUT2D eigenvalue weighted by atomic mass is 10.2. The molecule has 0 bridgehead atoms. The van der Waals surface area contributed by atoms with E-state index in [1.165, 1.54) is 31.6 Å². The lowest BCUT2D eigenvalue weighted by Gasteiger charge is -2.26. The number of fused-ring (bicyclic) bond motifs is 1.